The van der Waals surface area contributed by atoms with Crippen molar-refractivity contribution in [2.24, 2.45) is 0 Å². The van der Waals surface area contributed by atoms with Crippen molar-refractivity contribution in [3.8, 4) is 17.2 Å². The first kappa shape index (κ1) is 30.0. The van der Waals surface area contributed by atoms with Gasteiger partial charge in [0.2, 0.25) is 0 Å². The number of aryl methyl sites for hydroxylation is 1. The topological polar surface area (TPSA) is 86.7 Å². The number of benzene rings is 2. The fraction of sp³-hybridized carbons (Fsp3) is 0.538. The van der Waals surface area contributed by atoms with Crippen LogP contribution in [0, 0.1) is 0 Å². The largest absolute Gasteiger partial charge is 1.00 e. The molecule has 2 aromatic rings. The van der Waals surface area contributed by atoms with Crippen molar-refractivity contribution in [3.63, 3.8) is 0 Å². The summed E-state index contributed by atoms with van der Waals surface area (Å²) in [6.45, 7) is 2.24. The molecule has 0 saturated heterocycles. The Balaban J connectivity index is 0.00000544. The maximum Gasteiger partial charge on any atom is 1.00 e. The minimum absolute atomic E-state index is 0. The van der Waals surface area contributed by atoms with E-state index >= 15 is 0 Å². The molecular weight excluding hydrogens is 447 g/mol. The van der Waals surface area contributed by atoms with Crippen molar-refractivity contribution < 1.29 is 52.4 Å². The molecule has 0 spiro atoms. The second-order valence-corrected chi connectivity index (χ2v) is 9.90. The van der Waals surface area contributed by atoms with Crippen LogP contribution in [0.1, 0.15) is 89.5 Å². The van der Waals surface area contributed by atoms with Gasteiger partial charge in [0.25, 0.3) is 10.1 Å². The molecule has 0 aromatic heterocycles. The predicted octanol–water partition coefficient (Wildman–Crippen LogP) is 4.05. The van der Waals surface area contributed by atoms with Gasteiger partial charge in [0, 0.05) is 6.07 Å². The molecule has 5 nitrogen and oxygen atoms in total. The second kappa shape index (κ2) is 16.6. The van der Waals surface area contributed by atoms with E-state index in [1.165, 1.54) is 88.5 Å². The van der Waals surface area contributed by atoms with Gasteiger partial charge in [-0.2, -0.15) is 8.42 Å². The third-order valence-electron chi connectivity index (χ3n) is 5.63. The fourth-order valence-electron chi connectivity index (χ4n) is 3.81. The molecule has 0 atom stereocenters. The van der Waals surface area contributed by atoms with E-state index in [9.17, 15) is 18.1 Å². The number of ether oxygens (including phenoxy) is 1. The fourth-order valence-corrected chi connectivity index (χ4v) is 4.38. The molecule has 0 radical (unpaired) electrons. The van der Waals surface area contributed by atoms with E-state index in [1.807, 2.05) is 0 Å². The molecule has 0 aliphatic rings. The number of rotatable bonds is 16. The molecule has 2 rings (SSSR count). The SMILES string of the molecule is CCCCCCCCCCCCCCc1cc(Oc2ccccc2[O-])cc(S(=O)(=O)O)c1.[Na+]. The van der Waals surface area contributed by atoms with Crippen molar-refractivity contribution in [2.45, 2.75) is 95.3 Å². The third kappa shape index (κ3) is 12.3. The summed E-state index contributed by atoms with van der Waals surface area (Å²) < 4.78 is 38.4. The Morgan fingerprint density at radius 2 is 1.36 bits per heavy atom. The summed E-state index contributed by atoms with van der Waals surface area (Å²) in [7, 11) is -4.36. The maximum atomic E-state index is 11.9. The molecule has 1 N–H and O–H groups in total. The Kier molecular flexibility index (Phi) is 15.0. The summed E-state index contributed by atoms with van der Waals surface area (Å²) in [5.74, 6) is 0.0703. The van der Waals surface area contributed by atoms with Crippen LogP contribution in [0.2, 0.25) is 0 Å². The Morgan fingerprint density at radius 3 is 1.91 bits per heavy atom. The Labute approximate surface area is 222 Å². The van der Waals surface area contributed by atoms with E-state index in [0.717, 1.165) is 18.4 Å². The van der Waals surface area contributed by atoms with Crippen LogP contribution in [0.25, 0.3) is 0 Å². The molecule has 0 amide bonds. The molecule has 0 saturated carbocycles. The maximum absolute atomic E-state index is 11.9. The molecular formula is C26H37NaO5S. The minimum Gasteiger partial charge on any atom is -0.870 e. The van der Waals surface area contributed by atoms with Crippen LogP contribution < -0.4 is 39.4 Å². The molecule has 0 fully saturated rings. The molecule has 7 heteroatoms. The number of para-hydroxylation sites is 2. The van der Waals surface area contributed by atoms with E-state index < -0.39 is 10.1 Å². The number of hydrogen-bond donors (Lipinski definition) is 1. The van der Waals surface area contributed by atoms with Crippen LogP contribution in [-0.4, -0.2) is 13.0 Å². The summed E-state index contributed by atoms with van der Waals surface area (Å²) in [6.07, 6.45) is 15.8. The molecule has 0 unspecified atom stereocenters. The van der Waals surface area contributed by atoms with E-state index in [4.69, 9.17) is 4.74 Å². The van der Waals surface area contributed by atoms with E-state index in [0.29, 0.717) is 6.42 Å². The van der Waals surface area contributed by atoms with Crippen LogP contribution in [0.15, 0.2) is 47.4 Å². The molecule has 0 aliphatic heterocycles. The zero-order valence-electron chi connectivity index (χ0n) is 20.2. The van der Waals surface area contributed by atoms with Crippen molar-refractivity contribution >= 4 is 10.1 Å². The number of hydrogen-bond acceptors (Lipinski definition) is 4. The van der Waals surface area contributed by atoms with Crippen molar-refractivity contribution in [1.82, 2.24) is 0 Å². The summed E-state index contributed by atoms with van der Waals surface area (Å²) >= 11 is 0. The summed E-state index contributed by atoms with van der Waals surface area (Å²) in [5, 5.41) is 11.9. The van der Waals surface area contributed by atoms with Crippen LogP contribution in [0.3, 0.4) is 0 Å². The minimum atomic E-state index is -4.36. The van der Waals surface area contributed by atoms with Gasteiger partial charge >= 0.3 is 29.6 Å². The van der Waals surface area contributed by atoms with Gasteiger partial charge in [-0.25, -0.2) is 0 Å². The van der Waals surface area contributed by atoms with Crippen molar-refractivity contribution in [3.05, 3.63) is 48.0 Å². The van der Waals surface area contributed by atoms with Gasteiger partial charge in [0.1, 0.15) is 11.5 Å². The molecule has 0 heterocycles. The first-order valence-electron chi connectivity index (χ1n) is 12.0. The van der Waals surface area contributed by atoms with Gasteiger partial charge in [-0.3, -0.25) is 4.55 Å². The van der Waals surface area contributed by atoms with Gasteiger partial charge < -0.3 is 9.84 Å². The second-order valence-electron chi connectivity index (χ2n) is 8.48. The Hall–Kier alpha value is -1.05. The van der Waals surface area contributed by atoms with Gasteiger partial charge in [0.15, 0.2) is 0 Å². The van der Waals surface area contributed by atoms with E-state index in [-0.39, 0.29) is 51.7 Å². The molecule has 178 valence electrons. The van der Waals surface area contributed by atoms with Crippen LogP contribution in [0.5, 0.6) is 17.2 Å². The zero-order chi connectivity index (χ0) is 23.2. The van der Waals surface area contributed by atoms with E-state index in [2.05, 4.69) is 6.92 Å². The number of unbranched alkanes of at least 4 members (excludes halogenated alkanes) is 11. The average molecular weight is 485 g/mol. The molecule has 33 heavy (non-hydrogen) atoms. The molecule has 2 aromatic carbocycles. The molecule has 0 aliphatic carbocycles. The smallest absolute Gasteiger partial charge is 0.870 e. The zero-order valence-corrected chi connectivity index (χ0v) is 23.0. The van der Waals surface area contributed by atoms with Crippen molar-refractivity contribution in [2.75, 3.05) is 0 Å². The Bertz CT molecular complexity index is 915. The van der Waals surface area contributed by atoms with Gasteiger partial charge in [-0.05, 0) is 36.6 Å². The summed E-state index contributed by atoms with van der Waals surface area (Å²) in [4.78, 5) is -0.215. The van der Waals surface area contributed by atoms with E-state index in [1.54, 1.807) is 18.2 Å². The summed E-state index contributed by atoms with van der Waals surface area (Å²) in [6, 6.07) is 10.7. The van der Waals surface area contributed by atoms with Gasteiger partial charge in [0.05, 0.1) is 4.90 Å². The Morgan fingerprint density at radius 1 is 0.818 bits per heavy atom. The standard InChI is InChI=1S/C26H38O5S.Na/c1-2-3-4-5-6-7-8-9-10-11-12-13-16-22-19-23(21-24(20-22)32(28,29)30)31-26-18-15-14-17-25(26)27;/h14-15,17-21,27H,2-13,16H2,1H3,(H,28,29,30);/q;+1/p-1. The monoisotopic (exact) mass is 484 g/mol. The molecule has 0 bridgehead atoms. The predicted molar refractivity (Wildman–Crippen MR) is 127 cm³/mol. The average Bonchev–Trinajstić information content (AvgIpc) is 2.75. The third-order valence-corrected chi connectivity index (χ3v) is 6.47. The van der Waals surface area contributed by atoms with Crippen LogP contribution in [-0.2, 0) is 16.5 Å². The van der Waals surface area contributed by atoms with Crippen LogP contribution >= 0.6 is 0 Å². The normalized spacial score (nSPS) is 11.2. The van der Waals surface area contributed by atoms with Crippen LogP contribution in [0.4, 0.5) is 0 Å². The van der Waals surface area contributed by atoms with Crippen molar-refractivity contribution in [1.29, 1.82) is 0 Å². The van der Waals surface area contributed by atoms with Gasteiger partial charge in [-0.15, -0.1) is 0 Å². The van der Waals surface area contributed by atoms with Gasteiger partial charge in [-0.1, -0.05) is 102 Å². The first-order chi connectivity index (χ1) is 15.4. The summed E-state index contributed by atoms with van der Waals surface area (Å²) in [5.41, 5.74) is 0.769. The first-order valence-corrected chi connectivity index (χ1v) is 13.4. The quantitative estimate of drug-likeness (QED) is 0.221.